The Labute approximate surface area is 246 Å². The first kappa shape index (κ1) is 29.4. The van der Waals surface area contributed by atoms with Gasteiger partial charge in [0.2, 0.25) is 11.8 Å². The molecule has 10 heteroatoms. The molecule has 1 atom stereocenters. The number of carbonyl (C=O) groups is 2. The summed E-state index contributed by atoms with van der Waals surface area (Å²) in [6.07, 6.45) is 0. The molecule has 2 amide bonds. The van der Waals surface area contributed by atoms with Crippen molar-refractivity contribution in [1.29, 1.82) is 0 Å². The summed E-state index contributed by atoms with van der Waals surface area (Å²) >= 11 is 1.22. The molecule has 1 aliphatic rings. The number of thioether (sulfide) groups is 1. The van der Waals surface area contributed by atoms with E-state index in [2.05, 4.69) is 5.32 Å². The molecular weight excluding hydrogens is 561 g/mol. The zero-order valence-electron chi connectivity index (χ0n) is 23.7. The number of nitrogens with one attached hydrogen (secondary N) is 1. The molecule has 0 spiro atoms. The number of anilines is 1. The molecule has 0 saturated heterocycles. The molecule has 3 aromatic carbocycles. The van der Waals surface area contributed by atoms with Crippen molar-refractivity contribution in [3.8, 4) is 5.69 Å². The molecular formula is C32H31F3N4O2S. The molecule has 5 rings (SSSR count). The van der Waals surface area contributed by atoms with Crippen LogP contribution >= 0.6 is 11.8 Å². The van der Waals surface area contributed by atoms with Gasteiger partial charge in [0.25, 0.3) is 0 Å². The Morgan fingerprint density at radius 2 is 1.74 bits per heavy atom. The standard InChI is InChI=1S/C32H31F3N4O2S/c1-19-6-5-7-23(14-19)39-31-28(30(37-39)32(2,3)4)29(24-13-12-22(34)15-25(24)35)42-18-27(41)38(31)17-26(40)36-16-20-8-10-21(33)11-9-20/h5-15,29H,16-18H2,1-4H3,(H,36,40). The van der Waals surface area contributed by atoms with Gasteiger partial charge in [-0.1, -0.05) is 51.1 Å². The largest absolute Gasteiger partial charge is 0.350 e. The Morgan fingerprint density at radius 1 is 1.02 bits per heavy atom. The lowest BCUT2D eigenvalue weighted by molar-refractivity contribution is -0.123. The smallest absolute Gasteiger partial charge is 0.240 e. The maximum atomic E-state index is 15.3. The highest BCUT2D eigenvalue weighted by molar-refractivity contribution is 8.00. The highest BCUT2D eigenvalue weighted by atomic mass is 32.2. The molecule has 218 valence electrons. The van der Waals surface area contributed by atoms with Crippen molar-refractivity contribution in [2.45, 2.75) is 44.9 Å². The average Bonchev–Trinajstić information content (AvgIpc) is 3.27. The topological polar surface area (TPSA) is 67.2 Å². The lowest BCUT2D eigenvalue weighted by Crippen LogP contribution is -2.42. The van der Waals surface area contributed by atoms with E-state index < -0.39 is 28.2 Å². The Kier molecular flexibility index (Phi) is 8.19. The zero-order valence-corrected chi connectivity index (χ0v) is 24.6. The van der Waals surface area contributed by atoms with Crippen LogP contribution in [0.5, 0.6) is 0 Å². The van der Waals surface area contributed by atoms with E-state index in [4.69, 9.17) is 5.10 Å². The van der Waals surface area contributed by atoms with Crippen LogP contribution in [0.4, 0.5) is 19.0 Å². The van der Waals surface area contributed by atoms with E-state index in [-0.39, 0.29) is 36.1 Å². The minimum absolute atomic E-state index is 0.0429. The Morgan fingerprint density at radius 3 is 2.40 bits per heavy atom. The fourth-order valence-corrected chi connectivity index (χ4v) is 6.19. The number of hydrogen-bond donors (Lipinski definition) is 1. The van der Waals surface area contributed by atoms with Crippen molar-refractivity contribution in [2.24, 2.45) is 0 Å². The summed E-state index contributed by atoms with van der Waals surface area (Å²) in [6, 6.07) is 16.8. The number of amides is 2. The Bertz CT molecular complexity index is 1650. The molecule has 0 radical (unpaired) electrons. The van der Waals surface area contributed by atoms with Gasteiger partial charge in [-0.05, 0) is 48.4 Å². The van der Waals surface area contributed by atoms with Crippen molar-refractivity contribution >= 4 is 29.4 Å². The number of halogens is 3. The molecule has 1 unspecified atom stereocenters. The molecule has 0 saturated carbocycles. The van der Waals surface area contributed by atoms with Gasteiger partial charge in [-0.25, -0.2) is 17.9 Å². The van der Waals surface area contributed by atoms with Gasteiger partial charge < -0.3 is 5.32 Å². The monoisotopic (exact) mass is 592 g/mol. The molecule has 1 aromatic heterocycles. The van der Waals surface area contributed by atoms with Gasteiger partial charge in [0.1, 0.15) is 29.8 Å². The summed E-state index contributed by atoms with van der Waals surface area (Å²) in [5.74, 6) is -2.25. The lowest BCUT2D eigenvalue weighted by atomic mass is 9.87. The first-order valence-corrected chi connectivity index (χ1v) is 14.6. The number of fused-ring (bicyclic) bond motifs is 1. The van der Waals surface area contributed by atoms with Crippen LogP contribution in [0.1, 0.15) is 54.0 Å². The number of aromatic nitrogens is 2. The zero-order chi connectivity index (χ0) is 30.2. The van der Waals surface area contributed by atoms with Crippen LogP contribution in [0.15, 0.2) is 66.7 Å². The quantitative estimate of drug-likeness (QED) is 0.282. The summed E-state index contributed by atoms with van der Waals surface area (Å²) in [7, 11) is 0. The predicted molar refractivity (Wildman–Crippen MR) is 158 cm³/mol. The molecule has 4 aromatic rings. The number of rotatable bonds is 6. The van der Waals surface area contributed by atoms with Crippen molar-refractivity contribution in [3.63, 3.8) is 0 Å². The SMILES string of the molecule is Cc1cccc(-n2nc(C(C)(C)C)c3c2N(CC(=O)NCc2ccc(F)cc2)C(=O)CSC3c2ccc(F)cc2F)c1. The van der Waals surface area contributed by atoms with E-state index in [9.17, 15) is 18.4 Å². The van der Waals surface area contributed by atoms with Crippen LogP contribution in [-0.2, 0) is 21.5 Å². The van der Waals surface area contributed by atoms with Gasteiger partial charge in [0.15, 0.2) is 0 Å². The van der Waals surface area contributed by atoms with E-state index in [1.165, 1.54) is 40.9 Å². The second kappa shape index (κ2) is 11.7. The summed E-state index contributed by atoms with van der Waals surface area (Å²) < 4.78 is 44.2. The maximum Gasteiger partial charge on any atom is 0.240 e. The third-order valence-corrected chi connectivity index (χ3v) is 8.23. The van der Waals surface area contributed by atoms with E-state index in [0.29, 0.717) is 28.3 Å². The van der Waals surface area contributed by atoms with Crippen molar-refractivity contribution in [2.75, 3.05) is 17.2 Å². The molecule has 1 aliphatic heterocycles. The van der Waals surface area contributed by atoms with Gasteiger partial charge in [-0.3, -0.25) is 14.5 Å². The van der Waals surface area contributed by atoms with Crippen LogP contribution < -0.4 is 10.2 Å². The van der Waals surface area contributed by atoms with Gasteiger partial charge in [-0.2, -0.15) is 5.10 Å². The normalized spacial score (nSPS) is 15.4. The maximum absolute atomic E-state index is 15.3. The van der Waals surface area contributed by atoms with E-state index in [1.54, 1.807) is 16.8 Å². The van der Waals surface area contributed by atoms with E-state index >= 15 is 4.39 Å². The van der Waals surface area contributed by atoms with Crippen LogP contribution in [0, 0.1) is 24.4 Å². The van der Waals surface area contributed by atoms with E-state index in [0.717, 1.165) is 11.6 Å². The number of benzene rings is 3. The van der Waals surface area contributed by atoms with Gasteiger partial charge >= 0.3 is 0 Å². The van der Waals surface area contributed by atoms with Crippen molar-refractivity contribution < 1.29 is 22.8 Å². The summed E-state index contributed by atoms with van der Waals surface area (Å²) in [6.45, 7) is 7.71. The third-order valence-electron chi connectivity index (χ3n) is 7.00. The third kappa shape index (κ3) is 6.09. The van der Waals surface area contributed by atoms with Crippen molar-refractivity contribution in [1.82, 2.24) is 15.1 Å². The summed E-state index contributed by atoms with van der Waals surface area (Å²) in [5.41, 5.74) is 3.27. The first-order chi connectivity index (χ1) is 19.9. The van der Waals surface area contributed by atoms with Gasteiger partial charge in [0, 0.05) is 29.2 Å². The van der Waals surface area contributed by atoms with Gasteiger partial charge in [-0.15, -0.1) is 11.8 Å². The second-order valence-corrected chi connectivity index (χ2v) is 12.4. The molecule has 1 N–H and O–H groups in total. The average molecular weight is 593 g/mol. The Balaban J connectivity index is 1.65. The first-order valence-electron chi connectivity index (χ1n) is 13.5. The van der Waals surface area contributed by atoms with Gasteiger partial charge in [0.05, 0.1) is 22.4 Å². The van der Waals surface area contributed by atoms with Crippen molar-refractivity contribution in [3.05, 3.63) is 112 Å². The number of carbonyl (C=O) groups excluding carboxylic acids is 2. The fraction of sp³-hybridized carbons (Fsp3) is 0.281. The minimum Gasteiger partial charge on any atom is -0.350 e. The Hall–Kier alpha value is -4.05. The van der Waals surface area contributed by atoms with Crippen LogP contribution in [0.25, 0.3) is 5.69 Å². The van der Waals surface area contributed by atoms with Crippen LogP contribution in [0.2, 0.25) is 0 Å². The second-order valence-electron chi connectivity index (χ2n) is 11.3. The number of nitrogens with zero attached hydrogens (tertiary/aromatic N) is 3. The highest BCUT2D eigenvalue weighted by Gasteiger charge is 2.40. The van der Waals surface area contributed by atoms with Crippen LogP contribution in [0.3, 0.4) is 0 Å². The summed E-state index contributed by atoms with van der Waals surface area (Å²) in [4.78, 5) is 28.4. The molecule has 42 heavy (non-hydrogen) atoms. The fourth-order valence-electron chi connectivity index (χ4n) is 4.98. The lowest BCUT2D eigenvalue weighted by Gasteiger charge is -2.24. The molecule has 6 nitrogen and oxygen atoms in total. The van der Waals surface area contributed by atoms with E-state index in [1.807, 2.05) is 52.0 Å². The molecule has 0 aliphatic carbocycles. The minimum atomic E-state index is -0.723. The summed E-state index contributed by atoms with van der Waals surface area (Å²) in [5, 5.41) is 7.10. The number of hydrogen-bond acceptors (Lipinski definition) is 4. The predicted octanol–water partition coefficient (Wildman–Crippen LogP) is 6.38. The molecule has 0 bridgehead atoms. The van der Waals surface area contributed by atoms with Crippen LogP contribution in [-0.4, -0.2) is 33.9 Å². The highest BCUT2D eigenvalue weighted by Crippen LogP contribution is 2.49. The number of aryl methyl sites for hydroxylation is 1. The molecule has 2 heterocycles. The molecule has 0 fully saturated rings.